The normalized spacial score (nSPS) is 10.1. The Morgan fingerprint density at radius 3 is 2.31 bits per heavy atom. The Hall–Kier alpha value is -1.42. The quantitative estimate of drug-likeness (QED) is 0.343. The first-order chi connectivity index (χ1) is 7.29. The molecule has 9 heteroatoms. The van der Waals surface area contributed by atoms with Crippen molar-refractivity contribution in [1.82, 2.24) is 0 Å². The zero-order valence-electron chi connectivity index (χ0n) is 8.21. The van der Waals surface area contributed by atoms with Crippen LogP contribution in [0.4, 0.5) is 10.1 Å². The smallest absolute Gasteiger partial charge is 0.394 e. The molecule has 5 N–H and O–H groups in total. The highest BCUT2D eigenvalue weighted by atomic mass is 32.3. The molecule has 0 bridgehead atoms. The van der Waals surface area contributed by atoms with E-state index in [0.717, 1.165) is 0 Å². The zero-order chi connectivity index (χ0) is 12.8. The molecule has 0 amide bonds. The zero-order valence-corrected chi connectivity index (χ0v) is 9.03. The van der Waals surface area contributed by atoms with Crippen LogP contribution in [0.15, 0.2) is 18.2 Å². The van der Waals surface area contributed by atoms with Gasteiger partial charge >= 0.3 is 10.4 Å². The van der Waals surface area contributed by atoms with E-state index in [1.165, 1.54) is 19.2 Å². The summed E-state index contributed by atoms with van der Waals surface area (Å²) in [5, 5.41) is 0. The van der Waals surface area contributed by atoms with Gasteiger partial charge in [0.15, 0.2) is 11.6 Å². The average Bonchev–Trinajstić information content (AvgIpc) is 2.16. The van der Waals surface area contributed by atoms with Crippen LogP contribution >= 0.6 is 0 Å². The number of nitrogens with two attached hydrogens (primary N) is 1. The highest BCUT2D eigenvalue weighted by Crippen LogP contribution is 2.22. The van der Waals surface area contributed by atoms with Crippen LogP contribution in [0.1, 0.15) is 0 Å². The van der Waals surface area contributed by atoms with Crippen molar-refractivity contribution >= 4 is 16.1 Å². The van der Waals surface area contributed by atoms with Gasteiger partial charge in [-0.2, -0.15) is 8.42 Å². The van der Waals surface area contributed by atoms with Crippen molar-refractivity contribution in [2.24, 2.45) is 5.84 Å². The molecular formula is C7H11FN2O5S. The van der Waals surface area contributed by atoms with Crippen molar-refractivity contribution in [3.63, 3.8) is 0 Å². The van der Waals surface area contributed by atoms with Gasteiger partial charge in [0.2, 0.25) is 0 Å². The van der Waals surface area contributed by atoms with Gasteiger partial charge in [0.1, 0.15) is 0 Å². The van der Waals surface area contributed by atoms with Crippen LogP contribution in [0, 0.1) is 5.82 Å². The topological polar surface area (TPSA) is 122 Å². The van der Waals surface area contributed by atoms with Crippen LogP contribution in [0.5, 0.6) is 5.75 Å². The molecule has 0 aliphatic rings. The lowest BCUT2D eigenvalue weighted by Gasteiger charge is -2.05. The van der Waals surface area contributed by atoms with E-state index in [9.17, 15) is 4.39 Å². The third kappa shape index (κ3) is 6.14. The maximum absolute atomic E-state index is 13.0. The van der Waals surface area contributed by atoms with E-state index >= 15 is 0 Å². The molecule has 0 aromatic heterocycles. The van der Waals surface area contributed by atoms with E-state index in [1.807, 2.05) is 0 Å². The lowest BCUT2D eigenvalue weighted by atomic mass is 10.3. The van der Waals surface area contributed by atoms with Crippen LogP contribution in [0.2, 0.25) is 0 Å². The van der Waals surface area contributed by atoms with Crippen molar-refractivity contribution < 1.29 is 26.7 Å². The number of halogens is 1. The number of hydrogen-bond acceptors (Lipinski definition) is 5. The number of hydrazine groups is 1. The summed E-state index contributed by atoms with van der Waals surface area (Å²) in [5.41, 5.74) is 2.44. The van der Waals surface area contributed by atoms with Gasteiger partial charge in [-0.25, -0.2) is 4.39 Å². The summed E-state index contributed by atoms with van der Waals surface area (Å²) >= 11 is 0. The maximum Gasteiger partial charge on any atom is 0.394 e. The molecule has 7 nitrogen and oxygen atoms in total. The summed E-state index contributed by atoms with van der Waals surface area (Å²) in [6, 6.07) is 4.70. The molecule has 0 saturated heterocycles. The first-order valence-corrected chi connectivity index (χ1v) is 5.18. The monoisotopic (exact) mass is 254 g/mol. The van der Waals surface area contributed by atoms with E-state index in [4.69, 9.17) is 28.1 Å². The number of ether oxygens (including phenoxy) is 1. The Kier molecular flexibility index (Phi) is 5.67. The summed E-state index contributed by atoms with van der Waals surface area (Å²) in [5.74, 6) is 4.74. The van der Waals surface area contributed by atoms with Gasteiger partial charge in [-0.3, -0.25) is 14.9 Å². The Morgan fingerprint density at radius 2 is 1.94 bits per heavy atom. The van der Waals surface area contributed by atoms with Gasteiger partial charge < -0.3 is 10.2 Å². The fourth-order valence-corrected chi connectivity index (χ4v) is 0.780. The van der Waals surface area contributed by atoms with E-state index in [0.29, 0.717) is 0 Å². The molecule has 0 atom stereocenters. The average molecular weight is 254 g/mol. The molecule has 0 fully saturated rings. The second kappa shape index (κ2) is 6.23. The Balaban J connectivity index is 0.000000385. The SMILES string of the molecule is COc1cccc(NN)c1F.O=S(=O)(O)O. The summed E-state index contributed by atoms with van der Waals surface area (Å²) < 4.78 is 49.3. The van der Waals surface area contributed by atoms with Crippen LogP contribution in [-0.4, -0.2) is 24.6 Å². The van der Waals surface area contributed by atoms with Crippen LogP contribution in [0.3, 0.4) is 0 Å². The number of benzene rings is 1. The molecule has 0 unspecified atom stereocenters. The van der Waals surface area contributed by atoms with E-state index < -0.39 is 16.2 Å². The fraction of sp³-hybridized carbons (Fsp3) is 0.143. The molecule has 1 aromatic rings. The molecule has 0 radical (unpaired) electrons. The summed E-state index contributed by atoms with van der Waals surface area (Å²) in [7, 11) is -3.27. The minimum absolute atomic E-state index is 0.181. The molecule has 0 aliphatic carbocycles. The van der Waals surface area contributed by atoms with Gasteiger partial charge in [0.05, 0.1) is 12.8 Å². The largest absolute Gasteiger partial charge is 0.494 e. The number of anilines is 1. The lowest BCUT2D eigenvalue weighted by Crippen LogP contribution is -2.08. The molecule has 1 rings (SSSR count). The molecule has 16 heavy (non-hydrogen) atoms. The molecular weight excluding hydrogens is 243 g/mol. The summed E-state index contributed by atoms with van der Waals surface area (Å²) in [4.78, 5) is 0. The standard InChI is InChI=1S/C7H9FN2O.H2O4S/c1-11-6-4-2-3-5(10-9)7(6)8;1-5(2,3)4/h2-4,10H,9H2,1H3;(H2,1,2,3,4). The van der Waals surface area contributed by atoms with Crippen molar-refractivity contribution in [3.8, 4) is 5.75 Å². The second-order valence-corrected chi connectivity index (χ2v) is 3.31. The Bertz CT molecular complexity index is 406. The van der Waals surface area contributed by atoms with E-state index in [2.05, 4.69) is 5.43 Å². The third-order valence-corrected chi connectivity index (χ3v) is 1.34. The summed E-state index contributed by atoms with van der Waals surface area (Å²) in [6.45, 7) is 0. The predicted molar refractivity (Wildman–Crippen MR) is 54.9 cm³/mol. The second-order valence-electron chi connectivity index (χ2n) is 2.41. The van der Waals surface area contributed by atoms with Gasteiger partial charge in [-0.1, -0.05) is 6.07 Å². The number of hydrogen-bond donors (Lipinski definition) is 4. The minimum Gasteiger partial charge on any atom is -0.494 e. The maximum atomic E-state index is 13.0. The van der Waals surface area contributed by atoms with Gasteiger partial charge in [0, 0.05) is 0 Å². The molecule has 0 saturated carbocycles. The first-order valence-electron chi connectivity index (χ1n) is 3.78. The highest BCUT2D eigenvalue weighted by Gasteiger charge is 2.05. The van der Waals surface area contributed by atoms with Crippen molar-refractivity contribution in [2.75, 3.05) is 12.5 Å². The lowest BCUT2D eigenvalue weighted by molar-refractivity contribution is 0.381. The minimum atomic E-state index is -4.67. The van der Waals surface area contributed by atoms with E-state index in [1.54, 1.807) is 6.07 Å². The fourth-order valence-electron chi connectivity index (χ4n) is 0.780. The Labute approximate surface area is 91.6 Å². The van der Waals surface area contributed by atoms with Crippen molar-refractivity contribution in [2.45, 2.75) is 0 Å². The van der Waals surface area contributed by atoms with E-state index in [-0.39, 0.29) is 11.4 Å². The van der Waals surface area contributed by atoms with Crippen molar-refractivity contribution in [3.05, 3.63) is 24.0 Å². The van der Waals surface area contributed by atoms with Gasteiger partial charge in [0.25, 0.3) is 0 Å². The number of nitrogen functional groups attached to an aromatic ring is 1. The first kappa shape index (κ1) is 14.6. The number of nitrogens with one attached hydrogen (secondary N) is 1. The van der Waals surface area contributed by atoms with Gasteiger partial charge in [-0.15, -0.1) is 0 Å². The summed E-state index contributed by atoms with van der Waals surface area (Å²) in [6.07, 6.45) is 0. The highest BCUT2D eigenvalue weighted by molar-refractivity contribution is 7.79. The number of rotatable bonds is 2. The molecule has 1 aromatic carbocycles. The predicted octanol–water partition coefficient (Wildman–Crippen LogP) is 0.467. The molecule has 0 heterocycles. The third-order valence-electron chi connectivity index (χ3n) is 1.34. The van der Waals surface area contributed by atoms with Crippen molar-refractivity contribution in [1.29, 1.82) is 0 Å². The molecule has 92 valence electrons. The molecule has 0 spiro atoms. The number of methoxy groups -OCH3 is 1. The van der Waals surface area contributed by atoms with Crippen LogP contribution < -0.4 is 16.0 Å². The Morgan fingerprint density at radius 1 is 1.44 bits per heavy atom. The van der Waals surface area contributed by atoms with Gasteiger partial charge in [-0.05, 0) is 12.1 Å². The van der Waals surface area contributed by atoms with Crippen LogP contribution in [0.25, 0.3) is 0 Å². The molecule has 0 aliphatic heterocycles. The van der Waals surface area contributed by atoms with Crippen LogP contribution in [-0.2, 0) is 10.4 Å².